The molecule has 1 aromatic rings. The zero-order chi connectivity index (χ0) is 14.7. The van der Waals surface area contributed by atoms with Crippen LogP contribution in [0.15, 0.2) is 12.3 Å². The number of nitrogens with zero attached hydrogens (tertiary/aromatic N) is 2. The van der Waals surface area contributed by atoms with E-state index in [1.165, 1.54) is 6.42 Å². The molecule has 5 heteroatoms. The number of esters is 1. The smallest absolute Gasteiger partial charge is 0.341 e. The van der Waals surface area contributed by atoms with Crippen LogP contribution in [-0.2, 0) is 4.74 Å². The van der Waals surface area contributed by atoms with Crippen molar-refractivity contribution in [3.8, 4) is 0 Å². The lowest BCUT2D eigenvalue weighted by Crippen LogP contribution is -2.43. The van der Waals surface area contributed by atoms with E-state index in [-0.39, 0.29) is 5.97 Å². The molecule has 1 fully saturated rings. The second-order valence-corrected chi connectivity index (χ2v) is 5.41. The molecule has 1 aromatic heterocycles. The first-order chi connectivity index (χ1) is 9.54. The van der Waals surface area contributed by atoms with Crippen LogP contribution in [0, 0.1) is 5.92 Å². The first kappa shape index (κ1) is 14.6. The van der Waals surface area contributed by atoms with Gasteiger partial charge in [-0.05, 0) is 38.7 Å². The van der Waals surface area contributed by atoms with Gasteiger partial charge in [-0.25, -0.2) is 9.78 Å². The molecule has 0 radical (unpaired) electrons. The van der Waals surface area contributed by atoms with Crippen LogP contribution >= 0.6 is 0 Å². The summed E-state index contributed by atoms with van der Waals surface area (Å²) < 4.78 is 5.12. The SMILES string of the molecule is CCOC(=O)c1cc(N)cnc1N1CCCC(C)C1C. The highest BCUT2D eigenvalue weighted by Crippen LogP contribution is 2.30. The van der Waals surface area contributed by atoms with Gasteiger partial charge in [0.25, 0.3) is 0 Å². The molecule has 2 rings (SSSR count). The van der Waals surface area contributed by atoms with Gasteiger partial charge in [0.1, 0.15) is 11.4 Å². The second kappa shape index (κ2) is 6.11. The van der Waals surface area contributed by atoms with Crippen molar-refractivity contribution in [1.82, 2.24) is 4.98 Å². The minimum atomic E-state index is -0.354. The van der Waals surface area contributed by atoms with Gasteiger partial charge in [0.2, 0.25) is 0 Å². The molecule has 5 nitrogen and oxygen atoms in total. The van der Waals surface area contributed by atoms with Crippen molar-refractivity contribution in [3.63, 3.8) is 0 Å². The molecule has 20 heavy (non-hydrogen) atoms. The molecular formula is C15H23N3O2. The average molecular weight is 277 g/mol. The third-order valence-electron chi connectivity index (χ3n) is 4.03. The number of carbonyl (C=O) groups is 1. The molecule has 0 spiro atoms. The summed E-state index contributed by atoms with van der Waals surface area (Å²) in [6, 6.07) is 2.01. The summed E-state index contributed by atoms with van der Waals surface area (Å²) in [4.78, 5) is 18.7. The Morgan fingerprint density at radius 2 is 2.30 bits per heavy atom. The van der Waals surface area contributed by atoms with E-state index in [1.807, 2.05) is 0 Å². The van der Waals surface area contributed by atoms with Crippen LogP contribution in [-0.4, -0.2) is 30.1 Å². The summed E-state index contributed by atoms with van der Waals surface area (Å²) in [6.45, 7) is 7.46. The summed E-state index contributed by atoms with van der Waals surface area (Å²) in [5.41, 5.74) is 6.71. The molecule has 1 aliphatic heterocycles. The van der Waals surface area contributed by atoms with Gasteiger partial charge >= 0.3 is 5.97 Å². The summed E-state index contributed by atoms with van der Waals surface area (Å²) in [6.07, 6.45) is 3.92. The van der Waals surface area contributed by atoms with E-state index in [0.717, 1.165) is 13.0 Å². The van der Waals surface area contributed by atoms with E-state index in [0.29, 0.717) is 35.6 Å². The number of ether oxygens (including phenoxy) is 1. The lowest BCUT2D eigenvalue weighted by atomic mass is 9.92. The van der Waals surface area contributed by atoms with Crippen LogP contribution in [0.3, 0.4) is 0 Å². The van der Waals surface area contributed by atoms with Gasteiger partial charge in [0.05, 0.1) is 18.5 Å². The largest absolute Gasteiger partial charge is 0.462 e. The number of anilines is 2. The zero-order valence-corrected chi connectivity index (χ0v) is 12.4. The normalized spacial score (nSPS) is 22.6. The van der Waals surface area contributed by atoms with E-state index in [4.69, 9.17) is 10.5 Å². The van der Waals surface area contributed by atoms with Gasteiger partial charge in [-0.15, -0.1) is 0 Å². The van der Waals surface area contributed by atoms with Crippen molar-refractivity contribution < 1.29 is 9.53 Å². The number of carbonyl (C=O) groups excluding carboxylic acids is 1. The highest BCUT2D eigenvalue weighted by Gasteiger charge is 2.29. The summed E-state index contributed by atoms with van der Waals surface area (Å²) in [7, 11) is 0. The maximum atomic E-state index is 12.1. The maximum Gasteiger partial charge on any atom is 0.341 e. The number of hydrogen-bond donors (Lipinski definition) is 1. The first-order valence-corrected chi connectivity index (χ1v) is 7.23. The predicted molar refractivity (Wildman–Crippen MR) is 79.8 cm³/mol. The monoisotopic (exact) mass is 277 g/mol. The molecule has 0 bridgehead atoms. The van der Waals surface area contributed by atoms with E-state index < -0.39 is 0 Å². The van der Waals surface area contributed by atoms with Gasteiger partial charge in [-0.3, -0.25) is 0 Å². The van der Waals surface area contributed by atoms with E-state index in [9.17, 15) is 4.79 Å². The number of pyridine rings is 1. The second-order valence-electron chi connectivity index (χ2n) is 5.41. The number of rotatable bonds is 3. The minimum Gasteiger partial charge on any atom is -0.462 e. The fourth-order valence-corrected chi connectivity index (χ4v) is 2.70. The highest BCUT2D eigenvalue weighted by atomic mass is 16.5. The molecule has 2 unspecified atom stereocenters. The van der Waals surface area contributed by atoms with Crippen molar-refractivity contribution in [2.45, 2.75) is 39.7 Å². The zero-order valence-electron chi connectivity index (χ0n) is 12.4. The summed E-state index contributed by atoms with van der Waals surface area (Å²) in [5, 5.41) is 0. The fourth-order valence-electron chi connectivity index (χ4n) is 2.70. The Kier molecular flexibility index (Phi) is 4.47. The standard InChI is InChI=1S/C15H23N3O2/c1-4-20-15(19)13-8-12(16)9-17-14(13)18-7-5-6-10(2)11(18)3/h8-11H,4-7,16H2,1-3H3. The van der Waals surface area contributed by atoms with E-state index in [2.05, 4.69) is 23.7 Å². The molecular weight excluding hydrogens is 254 g/mol. The fraction of sp³-hybridized carbons (Fsp3) is 0.600. The molecule has 0 amide bonds. The van der Waals surface area contributed by atoms with Crippen molar-refractivity contribution in [3.05, 3.63) is 17.8 Å². The molecule has 0 saturated carbocycles. The Bertz CT molecular complexity index is 490. The molecule has 2 atom stereocenters. The summed E-state index contributed by atoms with van der Waals surface area (Å²) >= 11 is 0. The Balaban J connectivity index is 2.37. The average Bonchev–Trinajstić information content (AvgIpc) is 2.42. The maximum absolute atomic E-state index is 12.1. The number of hydrogen-bond acceptors (Lipinski definition) is 5. The molecule has 1 aliphatic rings. The number of aromatic nitrogens is 1. The van der Waals surface area contributed by atoms with Gasteiger partial charge in [-0.2, -0.15) is 0 Å². The van der Waals surface area contributed by atoms with Crippen LogP contribution in [0.25, 0.3) is 0 Å². The molecule has 0 aromatic carbocycles. The third kappa shape index (κ3) is 2.86. The van der Waals surface area contributed by atoms with Crippen molar-refractivity contribution in [2.24, 2.45) is 5.92 Å². The van der Waals surface area contributed by atoms with Gasteiger partial charge in [0.15, 0.2) is 0 Å². The predicted octanol–water partition coefficient (Wildman–Crippen LogP) is 2.47. The molecule has 2 heterocycles. The Morgan fingerprint density at radius 1 is 1.55 bits per heavy atom. The quantitative estimate of drug-likeness (QED) is 0.860. The number of nitrogen functional groups attached to an aromatic ring is 1. The van der Waals surface area contributed by atoms with Gasteiger partial charge in [0, 0.05) is 12.6 Å². The van der Waals surface area contributed by atoms with E-state index in [1.54, 1.807) is 19.2 Å². The van der Waals surface area contributed by atoms with Gasteiger partial charge < -0.3 is 15.4 Å². The molecule has 2 N–H and O–H groups in total. The summed E-state index contributed by atoms with van der Waals surface area (Å²) in [5.74, 6) is 0.919. The molecule has 0 aliphatic carbocycles. The van der Waals surface area contributed by atoms with Crippen LogP contribution in [0.1, 0.15) is 44.0 Å². The van der Waals surface area contributed by atoms with Crippen molar-refractivity contribution in [1.29, 1.82) is 0 Å². The third-order valence-corrected chi connectivity index (χ3v) is 4.03. The Hall–Kier alpha value is -1.78. The van der Waals surface area contributed by atoms with Crippen LogP contribution in [0.5, 0.6) is 0 Å². The van der Waals surface area contributed by atoms with Crippen molar-refractivity contribution in [2.75, 3.05) is 23.8 Å². The first-order valence-electron chi connectivity index (χ1n) is 7.23. The Morgan fingerprint density at radius 3 is 3.00 bits per heavy atom. The van der Waals surface area contributed by atoms with Crippen LogP contribution in [0.2, 0.25) is 0 Å². The van der Waals surface area contributed by atoms with Crippen molar-refractivity contribution >= 4 is 17.5 Å². The van der Waals surface area contributed by atoms with E-state index >= 15 is 0 Å². The number of nitrogens with two attached hydrogens (primary N) is 1. The van der Waals surface area contributed by atoms with Crippen LogP contribution in [0.4, 0.5) is 11.5 Å². The lowest BCUT2D eigenvalue weighted by Gasteiger charge is -2.39. The Labute approximate surface area is 120 Å². The number of piperidine rings is 1. The lowest BCUT2D eigenvalue weighted by molar-refractivity contribution is 0.0526. The molecule has 1 saturated heterocycles. The molecule has 110 valence electrons. The topological polar surface area (TPSA) is 68.5 Å². The highest BCUT2D eigenvalue weighted by molar-refractivity contribution is 5.95. The van der Waals surface area contributed by atoms with Crippen LogP contribution < -0.4 is 10.6 Å². The van der Waals surface area contributed by atoms with Gasteiger partial charge in [-0.1, -0.05) is 6.92 Å². The minimum absolute atomic E-state index is 0.346.